The fourth-order valence-corrected chi connectivity index (χ4v) is 3.36. The number of halogens is 1. The minimum atomic E-state index is 0.287. The van der Waals surface area contributed by atoms with Crippen molar-refractivity contribution in [1.29, 1.82) is 0 Å². The Morgan fingerprint density at radius 1 is 1.22 bits per heavy atom. The highest BCUT2D eigenvalue weighted by molar-refractivity contribution is 6.30. The second kappa shape index (κ2) is 5.83. The Kier molecular flexibility index (Phi) is 3.67. The Hall–Kier alpha value is -2.11. The number of anilines is 1. The van der Waals surface area contributed by atoms with Gasteiger partial charge in [0, 0.05) is 34.8 Å². The van der Waals surface area contributed by atoms with Crippen LogP contribution in [0.2, 0.25) is 5.02 Å². The number of nitrogens with two attached hydrogens (primary N) is 1. The van der Waals surface area contributed by atoms with E-state index < -0.39 is 0 Å². The molecule has 2 aromatic heterocycles. The molecular formula is C17H18ClN5. The van der Waals surface area contributed by atoms with Gasteiger partial charge in [-0.05, 0) is 31.4 Å². The van der Waals surface area contributed by atoms with Gasteiger partial charge in [-0.2, -0.15) is 9.61 Å². The first-order chi connectivity index (χ1) is 11.2. The van der Waals surface area contributed by atoms with Crippen molar-refractivity contribution in [3.05, 3.63) is 47.6 Å². The van der Waals surface area contributed by atoms with Crippen molar-refractivity contribution in [3.63, 3.8) is 0 Å². The van der Waals surface area contributed by atoms with Crippen LogP contribution in [0.4, 0.5) is 5.82 Å². The smallest absolute Gasteiger partial charge is 0.157 e. The summed E-state index contributed by atoms with van der Waals surface area (Å²) in [5.74, 6) is 0.939. The van der Waals surface area contributed by atoms with E-state index in [1.54, 1.807) is 6.20 Å². The molecule has 0 spiro atoms. The summed E-state index contributed by atoms with van der Waals surface area (Å²) >= 11 is 6.11. The molecule has 0 radical (unpaired) electrons. The minimum Gasteiger partial charge on any atom is -0.367 e. The molecule has 1 saturated carbocycles. The van der Waals surface area contributed by atoms with Gasteiger partial charge < -0.3 is 11.1 Å². The van der Waals surface area contributed by atoms with Crippen molar-refractivity contribution >= 4 is 23.1 Å². The van der Waals surface area contributed by atoms with E-state index in [9.17, 15) is 0 Å². The SMILES string of the molecule is N[C@H]1CC[C@H](Nc2cc(-c3cccc(Cl)c3)nc3ccnn23)C1. The van der Waals surface area contributed by atoms with E-state index in [-0.39, 0.29) is 6.04 Å². The summed E-state index contributed by atoms with van der Waals surface area (Å²) in [6, 6.07) is 12.3. The van der Waals surface area contributed by atoms with Crippen LogP contribution < -0.4 is 11.1 Å². The van der Waals surface area contributed by atoms with Gasteiger partial charge in [0.25, 0.3) is 0 Å². The van der Waals surface area contributed by atoms with E-state index >= 15 is 0 Å². The zero-order chi connectivity index (χ0) is 15.8. The van der Waals surface area contributed by atoms with Gasteiger partial charge in [0.15, 0.2) is 5.65 Å². The zero-order valence-electron chi connectivity index (χ0n) is 12.6. The van der Waals surface area contributed by atoms with Crippen molar-refractivity contribution in [3.8, 4) is 11.3 Å². The molecule has 0 unspecified atom stereocenters. The molecule has 1 aliphatic carbocycles. The van der Waals surface area contributed by atoms with E-state index in [4.69, 9.17) is 17.3 Å². The summed E-state index contributed by atoms with van der Waals surface area (Å²) in [6.07, 6.45) is 4.89. The summed E-state index contributed by atoms with van der Waals surface area (Å²) in [5, 5.41) is 8.64. The predicted octanol–water partition coefficient (Wildman–Crippen LogP) is 3.34. The van der Waals surface area contributed by atoms with E-state index in [1.807, 2.05) is 40.9 Å². The Morgan fingerprint density at radius 2 is 2.13 bits per heavy atom. The van der Waals surface area contributed by atoms with Crippen molar-refractivity contribution in [1.82, 2.24) is 14.6 Å². The van der Waals surface area contributed by atoms with Crippen molar-refractivity contribution in [2.45, 2.75) is 31.3 Å². The lowest BCUT2D eigenvalue weighted by Gasteiger charge is -2.16. The third-order valence-electron chi connectivity index (χ3n) is 4.30. The van der Waals surface area contributed by atoms with Crippen molar-refractivity contribution in [2.24, 2.45) is 5.73 Å². The van der Waals surface area contributed by atoms with Gasteiger partial charge in [0.2, 0.25) is 0 Å². The summed E-state index contributed by atoms with van der Waals surface area (Å²) in [5.41, 5.74) is 8.70. The average Bonchev–Trinajstić information content (AvgIpc) is 3.16. The fraction of sp³-hybridized carbons (Fsp3) is 0.294. The first-order valence-electron chi connectivity index (χ1n) is 7.82. The number of nitrogens with zero attached hydrogens (tertiary/aromatic N) is 3. The molecule has 2 atom stereocenters. The van der Waals surface area contributed by atoms with Crippen LogP contribution in [0.3, 0.4) is 0 Å². The molecule has 1 aromatic carbocycles. The molecule has 1 fully saturated rings. The zero-order valence-corrected chi connectivity index (χ0v) is 13.4. The van der Waals surface area contributed by atoms with Gasteiger partial charge >= 0.3 is 0 Å². The molecule has 2 heterocycles. The Bertz CT molecular complexity index is 844. The number of hydrogen-bond acceptors (Lipinski definition) is 4. The Morgan fingerprint density at radius 3 is 2.91 bits per heavy atom. The van der Waals surface area contributed by atoms with E-state index in [1.165, 1.54) is 0 Å². The molecule has 4 rings (SSSR count). The van der Waals surface area contributed by atoms with Gasteiger partial charge in [0.1, 0.15) is 5.82 Å². The van der Waals surface area contributed by atoms with Gasteiger partial charge in [-0.25, -0.2) is 4.98 Å². The van der Waals surface area contributed by atoms with Crippen LogP contribution in [0.15, 0.2) is 42.6 Å². The quantitative estimate of drug-likeness (QED) is 0.774. The molecule has 118 valence electrons. The number of aromatic nitrogens is 3. The van der Waals surface area contributed by atoms with Gasteiger partial charge in [-0.15, -0.1) is 0 Å². The first kappa shape index (κ1) is 14.5. The van der Waals surface area contributed by atoms with Crippen molar-refractivity contribution < 1.29 is 0 Å². The second-order valence-corrected chi connectivity index (χ2v) is 6.49. The molecule has 6 heteroatoms. The molecule has 23 heavy (non-hydrogen) atoms. The molecule has 3 N–H and O–H groups in total. The Balaban J connectivity index is 1.75. The van der Waals surface area contributed by atoms with Crippen LogP contribution in [0.5, 0.6) is 0 Å². The topological polar surface area (TPSA) is 68.2 Å². The largest absolute Gasteiger partial charge is 0.367 e. The van der Waals surface area contributed by atoms with Crippen LogP contribution in [-0.2, 0) is 0 Å². The number of fused-ring (bicyclic) bond motifs is 1. The fourth-order valence-electron chi connectivity index (χ4n) is 3.17. The molecule has 0 saturated heterocycles. The summed E-state index contributed by atoms with van der Waals surface area (Å²) in [7, 11) is 0. The van der Waals surface area contributed by atoms with E-state index in [0.29, 0.717) is 11.1 Å². The highest BCUT2D eigenvalue weighted by Gasteiger charge is 2.22. The maximum Gasteiger partial charge on any atom is 0.157 e. The summed E-state index contributed by atoms with van der Waals surface area (Å²) < 4.78 is 1.83. The normalized spacial score (nSPS) is 21.0. The van der Waals surface area contributed by atoms with Crippen LogP contribution in [0.25, 0.3) is 16.9 Å². The molecule has 1 aliphatic rings. The van der Waals surface area contributed by atoms with Crippen molar-refractivity contribution in [2.75, 3.05) is 5.32 Å². The number of rotatable bonds is 3. The minimum absolute atomic E-state index is 0.287. The lowest BCUT2D eigenvalue weighted by Crippen LogP contribution is -2.22. The Labute approximate surface area is 139 Å². The highest BCUT2D eigenvalue weighted by Crippen LogP contribution is 2.27. The number of nitrogens with one attached hydrogen (secondary N) is 1. The lowest BCUT2D eigenvalue weighted by atomic mass is 10.1. The molecule has 0 aliphatic heterocycles. The van der Waals surface area contributed by atoms with Crippen LogP contribution >= 0.6 is 11.6 Å². The molecule has 0 amide bonds. The van der Waals surface area contributed by atoms with Crippen LogP contribution in [-0.4, -0.2) is 26.7 Å². The maximum absolute atomic E-state index is 6.11. The third-order valence-corrected chi connectivity index (χ3v) is 4.54. The summed E-state index contributed by atoms with van der Waals surface area (Å²) in [4.78, 5) is 4.67. The van der Waals surface area contributed by atoms with Crippen LogP contribution in [0.1, 0.15) is 19.3 Å². The third kappa shape index (κ3) is 2.90. The molecular weight excluding hydrogens is 310 g/mol. The maximum atomic E-state index is 6.11. The number of benzene rings is 1. The lowest BCUT2D eigenvalue weighted by molar-refractivity contribution is 0.684. The first-order valence-corrected chi connectivity index (χ1v) is 8.20. The number of hydrogen-bond donors (Lipinski definition) is 2. The van der Waals surface area contributed by atoms with Gasteiger partial charge in [-0.3, -0.25) is 0 Å². The predicted molar refractivity (Wildman–Crippen MR) is 92.7 cm³/mol. The van der Waals surface area contributed by atoms with Gasteiger partial charge in [-0.1, -0.05) is 23.7 Å². The highest BCUT2D eigenvalue weighted by atomic mass is 35.5. The van der Waals surface area contributed by atoms with Gasteiger partial charge in [0.05, 0.1) is 11.9 Å². The molecule has 0 bridgehead atoms. The monoisotopic (exact) mass is 327 g/mol. The molecule has 5 nitrogen and oxygen atoms in total. The summed E-state index contributed by atoms with van der Waals surface area (Å²) in [6.45, 7) is 0. The standard InChI is InChI=1S/C17H18ClN5/c18-12-3-1-2-11(8-12)15-10-17(21-14-5-4-13(19)9-14)23-16(22-15)6-7-20-23/h1-3,6-8,10,13-14,21H,4-5,9,19H2/t13-,14-/m0/s1. The van der Waals surface area contributed by atoms with E-state index in [2.05, 4.69) is 15.4 Å². The molecule has 3 aromatic rings. The van der Waals surface area contributed by atoms with E-state index in [0.717, 1.165) is 42.0 Å². The second-order valence-electron chi connectivity index (χ2n) is 6.05. The van der Waals surface area contributed by atoms with Crippen LogP contribution in [0, 0.1) is 0 Å². The average molecular weight is 328 g/mol.